The Morgan fingerprint density at radius 3 is 2.25 bits per heavy atom. The highest BCUT2D eigenvalue weighted by Crippen LogP contribution is 2.09. The monoisotopic (exact) mass is 224 g/mol. The van der Waals surface area contributed by atoms with Crippen molar-refractivity contribution < 1.29 is 14.3 Å². The van der Waals surface area contributed by atoms with Gasteiger partial charge in [0.15, 0.2) is 0 Å². The van der Waals surface area contributed by atoms with Crippen molar-refractivity contribution in [2.24, 2.45) is 0 Å². The summed E-state index contributed by atoms with van der Waals surface area (Å²) in [5.41, 5.74) is 0. The second-order valence-corrected chi connectivity index (χ2v) is 4.16. The number of hydrogen-bond donors (Lipinski definition) is 0. The van der Waals surface area contributed by atoms with Gasteiger partial charge in [-0.15, -0.1) is 0 Å². The summed E-state index contributed by atoms with van der Waals surface area (Å²) in [7, 11) is 0. The molecule has 0 aliphatic carbocycles. The molecule has 90 valence electrons. The number of cyclic esters (lactones) is 2. The molecule has 0 fully saturated rings. The van der Waals surface area contributed by atoms with E-state index in [4.69, 9.17) is 0 Å². The fraction of sp³-hybridized carbons (Fsp3) is 0.692. The lowest BCUT2D eigenvalue weighted by Gasteiger charge is -2.03. The van der Waals surface area contributed by atoms with Gasteiger partial charge >= 0.3 is 11.9 Å². The maximum absolute atomic E-state index is 11.2. The number of carbonyl (C=O) groups is 2. The van der Waals surface area contributed by atoms with Gasteiger partial charge in [-0.05, 0) is 25.7 Å². The average Bonchev–Trinajstić information content (AvgIpc) is 2.25. The second kappa shape index (κ2) is 8.08. The third kappa shape index (κ3) is 6.38. The van der Waals surface area contributed by atoms with E-state index in [2.05, 4.69) is 10.8 Å². The minimum Gasteiger partial charge on any atom is -0.393 e. The van der Waals surface area contributed by atoms with Crippen molar-refractivity contribution in [1.82, 2.24) is 0 Å². The van der Waals surface area contributed by atoms with Crippen LogP contribution in [-0.4, -0.2) is 11.9 Å². The predicted molar refractivity (Wildman–Crippen MR) is 61.8 cm³/mol. The van der Waals surface area contributed by atoms with Crippen LogP contribution in [0.3, 0.4) is 0 Å². The number of esters is 2. The maximum Gasteiger partial charge on any atom is 0.313 e. The van der Waals surface area contributed by atoms with Crippen LogP contribution in [0.15, 0.2) is 12.2 Å². The second-order valence-electron chi connectivity index (χ2n) is 4.16. The van der Waals surface area contributed by atoms with Gasteiger partial charge < -0.3 is 4.74 Å². The predicted octanol–water partition coefficient (Wildman–Crippen LogP) is 3.14. The third-order valence-electron chi connectivity index (χ3n) is 2.66. The van der Waals surface area contributed by atoms with Crippen LogP contribution in [0.5, 0.6) is 0 Å². The van der Waals surface area contributed by atoms with Gasteiger partial charge in [0.1, 0.15) is 0 Å². The SMILES string of the molecule is O=C1CC/C=C/CCCCCCCC(=O)O1. The maximum atomic E-state index is 11.2. The minimum atomic E-state index is -0.397. The molecule has 1 aliphatic heterocycles. The van der Waals surface area contributed by atoms with E-state index in [0.29, 0.717) is 19.3 Å². The van der Waals surface area contributed by atoms with E-state index in [1.807, 2.05) is 6.08 Å². The van der Waals surface area contributed by atoms with E-state index < -0.39 is 5.97 Å². The molecule has 0 saturated carbocycles. The van der Waals surface area contributed by atoms with E-state index in [1.165, 1.54) is 12.8 Å². The normalized spacial score (nSPS) is 23.2. The average molecular weight is 224 g/mol. The summed E-state index contributed by atoms with van der Waals surface area (Å²) in [6, 6.07) is 0. The first kappa shape index (κ1) is 12.9. The standard InChI is InChI=1S/C13H20O3/c14-12-10-8-6-4-2-1-3-5-7-9-11-13(15)16-12/h4,6H,1-3,5,7-11H2/b6-4+. The van der Waals surface area contributed by atoms with Gasteiger partial charge in [0.05, 0.1) is 0 Å². The van der Waals surface area contributed by atoms with E-state index >= 15 is 0 Å². The number of allylic oxidation sites excluding steroid dienone is 2. The van der Waals surface area contributed by atoms with Crippen molar-refractivity contribution in [2.75, 3.05) is 0 Å². The zero-order chi connectivity index (χ0) is 11.6. The Morgan fingerprint density at radius 2 is 1.38 bits per heavy atom. The lowest BCUT2D eigenvalue weighted by atomic mass is 10.1. The fourth-order valence-corrected chi connectivity index (χ4v) is 1.73. The van der Waals surface area contributed by atoms with Crippen LogP contribution < -0.4 is 0 Å². The molecule has 1 aliphatic rings. The van der Waals surface area contributed by atoms with Crippen molar-refractivity contribution in [3.63, 3.8) is 0 Å². The molecule has 1 heterocycles. The van der Waals surface area contributed by atoms with Gasteiger partial charge in [0, 0.05) is 12.8 Å². The summed E-state index contributed by atoms with van der Waals surface area (Å²) >= 11 is 0. The largest absolute Gasteiger partial charge is 0.393 e. The zero-order valence-corrected chi connectivity index (χ0v) is 9.74. The van der Waals surface area contributed by atoms with Gasteiger partial charge in [0.25, 0.3) is 0 Å². The summed E-state index contributed by atoms with van der Waals surface area (Å²) < 4.78 is 4.68. The van der Waals surface area contributed by atoms with Crippen LogP contribution in [0.1, 0.15) is 57.8 Å². The Labute approximate surface area is 96.9 Å². The van der Waals surface area contributed by atoms with Gasteiger partial charge in [0.2, 0.25) is 0 Å². The molecule has 0 aromatic heterocycles. The van der Waals surface area contributed by atoms with Gasteiger partial charge in [-0.2, -0.15) is 0 Å². The summed E-state index contributed by atoms with van der Waals surface area (Å²) in [5.74, 6) is -0.766. The van der Waals surface area contributed by atoms with Crippen molar-refractivity contribution >= 4 is 11.9 Å². The number of rotatable bonds is 0. The smallest absolute Gasteiger partial charge is 0.313 e. The van der Waals surface area contributed by atoms with Gasteiger partial charge in [-0.25, -0.2) is 0 Å². The van der Waals surface area contributed by atoms with Crippen LogP contribution >= 0.6 is 0 Å². The molecule has 0 amide bonds. The number of carbonyl (C=O) groups excluding carboxylic acids is 2. The quantitative estimate of drug-likeness (QED) is 0.360. The number of hydrogen-bond acceptors (Lipinski definition) is 3. The lowest BCUT2D eigenvalue weighted by molar-refractivity contribution is -0.159. The summed E-state index contributed by atoms with van der Waals surface area (Å²) in [4.78, 5) is 22.4. The van der Waals surface area contributed by atoms with Gasteiger partial charge in [-0.3, -0.25) is 9.59 Å². The highest BCUT2D eigenvalue weighted by Gasteiger charge is 2.09. The summed E-state index contributed by atoms with van der Waals surface area (Å²) in [6.45, 7) is 0. The molecule has 0 bridgehead atoms. The molecule has 16 heavy (non-hydrogen) atoms. The van der Waals surface area contributed by atoms with Crippen LogP contribution in [0.2, 0.25) is 0 Å². The molecule has 0 saturated heterocycles. The Hall–Kier alpha value is -1.12. The Balaban J connectivity index is 2.35. The molecule has 3 heteroatoms. The molecule has 0 unspecified atom stereocenters. The van der Waals surface area contributed by atoms with Crippen molar-refractivity contribution in [1.29, 1.82) is 0 Å². The molecule has 0 atom stereocenters. The summed E-state index contributed by atoms with van der Waals surface area (Å²) in [5, 5.41) is 0. The minimum absolute atomic E-state index is 0.308. The van der Waals surface area contributed by atoms with Crippen molar-refractivity contribution in [3.8, 4) is 0 Å². The van der Waals surface area contributed by atoms with Crippen molar-refractivity contribution in [2.45, 2.75) is 57.8 Å². The molecular weight excluding hydrogens is 204 g/mol. The molecule has 0 N–H and O–H groups in total. The van der Waals surface area contributed by atoms with E-state index in [1.54, 1.807) is 0 Å². The Kier molecular flexibility index (Phi) is 6.54. The fourth-order valence-electron chi connectivity index (χ4n) is 1.73. The number of ether oxygens (including phenoxy) is 1. The van der Waals surface area contributed by atoms with Gasteiger partial charge in [-0.1, -0.05) is 31.4 Å². The Bertz CT molecular complexity index is 256. The lowest BCUT2D eigenvalue weighted by Crippen LogP contribution is -2.11. The van der Waals surface area contributed by atoms with Crippen LogP contribution in [-0.2, 0) is 14.3 Å². The zero-order valence-electron chi connectivity index (χ0n) is 9.74. The third-order valence-corrected chi connectivity index (χ3v) is 2.66. The van der Waals surface area contributed by atoms with Crippen LogP contribution in [0.4, 0.5) is 0 Å². The molecule has 0 aromatic carbocycles. The Morgan fingerprint density at radius 1 is 0.750 bits per heavy atom. The molecule has 0 spiro atoms. The molecule has 1 rings (SSSR count). The molecule has 0 radical (unpaired) electrons. The van der Waals surface area contributed by atoms with E-state index in [9.17, 15) is 9.59 Å². The van der Waals surface area contributed by atoms with Crippen LogP contribution in [0.25, 0.3) is 0 Å². The highest BCUT2D eigenvalue weighted by molar-refractivity contribution is 5.85. The van der Waals surface area contributed by atoms with E-state index in [0.717, 1.165) is 25.7 Å². The summed E-state index contributed by atoms with van der Waals surface area (Å²) in [6.07, 6.45) is 12.0. The molecular formula is C13H20O3. The van der Waals surface area contributed by atoms with E-state index in [-0.39, 0.29) is 5.97 Å². The van der Waals surface area contributed by atoms with Crippen LogP contribution in [0, 0.1) is 0 Å². The highest BCUT2D eigenvalue weighted by atomic mass is 16.6. The molecule has 3 nitrogen and oxygen atoms in total. The molecule has 0 aromatic rings. The van der Waals surface area contributed by atoms with Crippen molar-refractivity contribution in [3.05, 3.63) is 12.2 Å². The first-order valence-corrected chi connectivity index (χ1v) is 6.17. The topological polar surface area (TPSA) is 43.4 Å². The first-order chi connectivity index (χ1) is 7.79. The first-order valence-electron chi connectivity index (χ1n) is 6.17.